The van der Waals surface area contributed by atoms with Crippen LogP contribution in [0.1, 0.15) is 0 Å². The SMILES string of the molecule is COc1ccnc(-c2ccc(F)cc2Cl)c1. The molecular formula is C12H9ClFNO. The largest absolute Gasteiger partial charge is 0.497 e. The Balaban J connectivity index is 2.49. The number of halogens is 2. The molecule has 0 spiro atoms. The van der Waals surface area contributed by atoms with Crippen LogP contribution in [-0.2, 0) is 0 Å². The fourth-order valence-corrected chi connectivity index (χ4v) is 1.65. The molecule has 0 radical (unpaired) electrons. The molecule has 1 heterocycles. The van der Waals surface area contributed by atoms with Gasteiger partial charge in [0, 0.05) is 17.8 Å². The van der Waals surface area contributed by atoms with Gasteiger partial charge in [-0.3, -0.25) is 4.98 Å². The number of hydrogen-bond donors (Lipinski definition) is 0. The lowest BCUT2D eigenvalue weighted by molar-refractivity contribution is 0.414. The summed E-state index contributed by atoms with van der Waals surface area (Å²) in [5.41, 5.74) is 1.34. The maximum atomic E-state index is 12.9. The maximum absolute atomic E-state index is 12.9. The lowest BCUT2D eigenvalue weighted by Crippen LogP contribution is -1.88. The van der Waals surface area contributed by atoms with Crippen LogP contribution in [0.2, 0.25) is 5.02 Å². The number of rotatable bonds is 2. The van der Waals surface area contributed by atoms with Gasteiger partial charge in [0.1, 0.15) is 11.6 Å². The highest BCUT2D eigenvalue weighted by Crippen LogP contribution is 2.28. The lowest BCUT2D eigenvalue weighted by Gasteiger charge is -2.05. The molecule has 16 heavy (non-hydrogen) atoms. The van der Waals surface area contributed by atoms with Gasteiger partial charge in [-0.05, 0) is 24.3 Å². The van der Waals surface area contributed by atoms with E-state index in [0.29, 0.717) is 22.0 Å². The van der Waals surface area contributed by atoms with E-state index >= 15 is 0 Å². The summed E-state index contributed by atoms with van der Waals surface area (Å²) in [6.07, 6.45) is 1.62. The molecule has 0 saturated carbocycles. The molecular weight excluding hydrogens is 229 g/mol. The molecule has 2 rings (SSSR count). The molecule has 2 nitrogen and oxygen atoms in total. The third-order valence-corrected chi connectivity index (χ3v) is 2.49. The summed E-state index contributed by atoms with van der Waals surface area (Å²) in [7, 11) is 1.57. The van der Waals surface area contributed by atoms with Crippen molar-refractivity contribution in [3.63, 3.8) is 0 Å². The summed E-state index contributed by atoms with van der Waals surface area (Å²) in [4.78, 5) is 4.16. The number of pyridine rings is 1. The number of hydrogen-bond acceptors (Lipinski definition) is 2. The van der Waals surface area contributed by atoms with Crippen molar-refractivity contribution in [2.75, 3.05) is 7.11 Å². The average Bonchev–Trinajstić information content (AvgIpc) is 2.29. The fraction of sp³-hybridized carbons (Fsp3) is 0.0833. The van der Waals surface area contributed by atoms with Crippen LogP contribution in [0.25, 0.3) is 11.3 Å². The van der Waals surface area contributed by atoms with Crippen molar-refractivity contribution in [2.45, 2.75) is 0 Å². The predicted octanol–water partition coefficient (Wildman–Crippen LogP) is 3.55. The minimum atomic E-state index is -0.364. The second kappa shape index (κ2) is 4.49. The van der Waals surface area contributed by atoms with E-state index < -0.39 is 0 Å². The van der Waals surface area contributed by atoms with Crippen molar-refractivity contribution >= 4 is 11.6 Å². The predicted molar refractivity (Wildman–Crippen MR) is 61.2 cm³/mol. The Morgan fingerprint density at radius 3 is 2.75 bits per heavy atom. The van der Waals surface area contributed by atoms with Crippen LogP contribution in [0.3, 0.4) is 0 Å². The van der Waals surface area contributed by atoms with Crippen molar-refractivity contribution in [3.8, 4) is 17.0 Å². The quantitative estimate of drug-likeness (QED) is 0.797. The van der Waals surface area contributed by atoms with Crippen LogP contribution in [-0.4, -0.2) is 12.1 Å². The van der Waals surface area contributed by atoms with Crippen molar-refractivity contribution in [3.05, 3.63) is 47.4 Å². The monoisotopic (exact) mass is 237 g/mol. The minimum absolute atomic E-state index is 0.334. The molecule has 4 heteroatoms. The second-order valence-corrected chi connectivity index (χ2v) is 3.61. The van der Waals surface area contributed by atoms with E-state index in [4.69, 9.17) is 16.3 Å². The minimum Gasteiger partial charge on any atom is -0.497 e. The van der Waals surface area contributed by atoms with Gasteiger partial charge < -0.3 is 4.74 Å². The maximum Gasteiger partial charge on any atom is 0.124 e. The van der Waals surface area contributed by atoms with E-state index in [1.807, 2.05) is 0 Å². The van der Waals surface area contributed by atoms with E-state index in [2.05, 4.69) is 4.98 Å². The summed E-state index contributed by atoms with van der Waals surface area (Å²) >= 11 is 5.94. The lowest BCUT2D eigenvalue weighted by atomic mass is 10.1. The van der Waals surface area contributed by atoms with Crippen LogP contribution < -0.4 is 4.74 Å². The smallest absolute Gasteiger partial charge is 0.124 e. The first-order valence-corrected chi connectivity index (χ1v) is 5.04. The van der Waals surface area contributed by atoms with E-state index in [0.717, 1.165) is 0 Å². The van der Waals surface area contributed by atoms with E-state index in [-0.39, 0.29) is 5.82 Å². The standard InChI is InChI=1S/C12H9ClFNO/c1-16-9-4-5-15-12(7-9)10-3-2-8(14)6-11(10)13/h2-7H,1H3. The topological polar surface area (TPSA) is 22.1 Å². The molecule has 0 N–H and O–H groups in total. The van der Waals surface area contributed by atoms with Gasteiger partial charge in [-0.25, -0.2) is 4.39 Å². The number of ether oxygens (including phenoxy) is 1. The molecule has 1 aromatic carbocycles. The fourth-order valence-electron chi connectivity index (χ4n) is 1.38. The number of benzene rings is 1. The van der Waals surface area contributed by atoms with Crippen molar-refractivity contribution in [2.24, 2.45) is 0 Å². The van der Waals surface area contributed by atoms with Crippen molar-refractivity contribution in [1.29, 1.82) is 0 Å². The van der Waals surface area contributed by atoms with Crippen LogP contribution in [0.15, 0.2) is 36.5 Å². The van der Waals surface area contributed by atoms with Crippen LogP contribution >= 0.6 is 11.6 Å². The Morgan fingerprint density at radius 2 is 2.06 bits per heavy atom. The molecule has 0 aliphatic carbocycles. The summed E-state index contributed by atoms with van der Waals surface area (Å²) in [5, 5.41) is 0.334. The number of aromatic nitrogens is 1. The molecule has 1 aromatic heterocycles. The summed E-state index contributed by atoms with van der Waals surface area (Å²) in [5.74, 6) is 0.321. The number of nitrogens with zero attached hydrogens (tertiary/aromatic N) is 1. The molecule has 2 aromatic rings. The van der Waals surface area contributed by atoms with E-state index in [1.165, 1.54) is 12.1 Å². The van der Waals surface area contributed by atoms with Gasteiger partial charge in [-0.15, -0.1) is 0 Å². The van der Waals surface area contributed by atoms with E-state index in [1.54, 1.807) is 31.5 Å². The van der Waals surface area contributed by atoms with Gasteiger partial charge in [-0.1, -0.05) is 11.6 Å². The normalized spacial score (nSPS) is 10.2. The van der Waals surface area contributed by atoms with Gasteiger partial charge in [-0.2, -0.15) is 0 Å². The highest BCUT2D eigenvalue weighted by atomic mass is 35.5. The van der Waals surface area contributed by atoms with Gasteiger partial charge in [0.25, 0.3) is 0 Å². The first-order valence-electron chi connectivity index (χ1n) is 4.66. The van der Waals surface area contributed by atoms with E-state index in [9.17, 15) is 4.39 Å². The molecule has 0 atom stereocenters. The summed E-state index contributed by atoms with van der Waals surface area (Å²) in [6, 6.07) is 7.69. The molecule has 0 amide bonds. The zero-order valence-electron chi connectivity index (χ0n) is 8.58. The average molecular weight is 238 g/mol. The second-order valence-electron chi connectivity index (χ2n) is 3.21. The molecule has 0 bridgehead atoms. The molecule has 0 saturated heterocycles. The first-order chi connectivity index (χ1) is 7.70. The molecule has 0 unspecified atom stereocenters. The number of methoxy groups -OCH3 is 1. The van der Waals surface area contributed by atoms with Crippen LogP contribution in [0.5, 0.6) is 5.75 Å². The molecule has 0 aliphatic rings. The summed E-state index contributed by atoms with van der Waals surface area (Å²) < 4.78 is 18.0. The molecule has 0 aliphatic heterocycles. The Bertz CT molecular complexity index is 516. The zero-order chi connectivity index (χ0) is 11.5. The Kier molecular flexibility index (Phi) is 3.06. The van der Waals surface area contributed by atoms with Gasteiger partial charge >= 0.3 is 0 Å². The van der Waals surface area contributed by atoms with Crippen molar-refractivity contribution in [1.82, 2.24) is 4.98 Å². The Morgan fingerprint density at radius 1 is 1.25 bits per heavy atom. The first kappa shape index (κ1) is 10.9. The Labute approximate surface area is 97.7 Å². The van der Waals surface area contributed by atoms with Crippen LogP contribution in [0, 0.1) is 5.82 Å². The van der Waals surface area contributed by atoms with Gasteiger partial charge in [0.15, 0.2) is 0 Å². The highest BCUT2D eigenvalue weighted by molar-refractivity contribution is 6.33. The molecule has 82 valence electrons. The van der Waals surface area contributed by atoms with Crippen molar-refractivity contribution < 1.29 is 9.13 Å². The zero-order valence-corrected chi connectivity index (χ0v) is 9.33. The Hall–Kier alpha value is -1.61. The van der Waals surface area contributed by atoms with Gasteiger partial charge in [0.2, 0.25) is 0 Å². The van der Waals surface area contributed by atoms with Crippen LogP contribution in [0.4, 0.5) is 4.39 Å². The molecule has 0 fully saturated rings. The van der Waals surface area contributed by atoms with Gasteiger partial charge in [0.05, 0.1) is 17.8 Å². The highest BCUT2D eigenvalue weighted by Gasteiger charge is 2.06. The summed E-state index contributed by atoms with van der Waals surface area (Å²) in [6.45, 7) is 0. The third-order valence-electron chi connectivity index (χ3n) is 2.17. The third kappa shape index (κ3) is 2.14.